The molecule has 0 radical (unpaired) electrons. The van der Waals surface area contributed by atoms with Crippen LogP contribution in [0.25, 0.3) is 72.1 Å². The van der Waals surface area contributed by atoms with Crippen LogP contribution in [0.1, 0.15) is 105 Å². The lowest BCUT2D eigenvalue weighted by molar-refractivity contribution is 0.483. The van der Waals surface area contributed by atoms with Crippen LogP contribution in [-0.2, 0) is 21.7 Å². The molecule has 0 fully saturated rings. The predicted molar refractivity (Wildman–Crippen MR) is 344 cm³/mol. The van der Waals surface area contributed by atoms with Gasteiger partial charge in [-0.05, 0) is 150 Å². The number of hydrogen-bond donors (Lipinski definition) is 0. The minimum atomic E-state index is -0.0737. The molecule has 12 rings (SSSR count). The third-order valence-electron chi connectivity index (χ3n) is 16.3. The Morgan fingerprint density at radius 1 is 0.370 bits per heavy atom. The minimum absolute atomic E-state index is 0.0382. The molecule has 5 nitrogen and oxygen atoms in total. The van der Waals surface area contributed by atoms with E-state index < -0.39 is 0 Å². The molecule has 0 spiro atoms. The van der Waals surface area contributed by atoms with Crippen molar-refractivity contribution in [2.45, 2.75) is 105 Å². The monoisotopic (exact) mass is 1060 g/mol. The van der Waals surface area contributed by atoms with Crippen LogP contribution in [0.5, 0.6) is 11.5 Å². The summed E-state index contributed by atoms with van der Waals surface area (Å²) in [6, 6.07) is 78.0. The number of rotatable bonds is 9. The quantitative estimate of drug-likeness (QED) is 0.144. The molecule has 0 unspecified atom stereocenters. The maximum atomic E-state index is 7.04. The highest BCUT2D eigenvalue weighted by Crippen LogP contribution is 2.54. The highest BCUT2D eigenvalue weighted by molar-refractivity contribution is 6.11. The summed E-state index contributed by atoms with van der Waals surface area (Å²) in [5.74, 6) is 2.38. The van der Waals surface area contributed by atoms with Crippen LogP contribution >= 0.6 is 0 Å². The standard InChI is InChI=1S/C76H74N4O/c1-73(2,3)54-28-19-27-52(41-54)53-35-38-67-66(42-53)64-37-36-61(48-69(64)80(67)70-46-55(39-40-77-70)74(4,5)6)81-60-30-20-29-58(47-60)78-49-79(59-44-56(75(7,8)9)43-57(45-59)76(10,11)12)72-65(33-22-34-68(72)78)71-62(50-23-15-13-16-24-50)31-21-32-63(71)51-25-17-14-18-26-51/h13-48H,49H2,1-12H3. The Morgan fingerprint density at radius 3 is 1.59 bits per heavy atom. The zero-order chi connectivity index (χ0) is 56.6. The van der Waals surface area contributed by atoms with Crippen LogP contribution in [-0.4, -0.2) is 16.2 Å². The van der Waals surface area contributed by atoms with E-state index in [0.717, 1.165) is 45.1 Å². The van der Waals surface area contributed by atoms with Crippen molar-refractivity contribution in [1.29, 1.82) is 0 Å². The second kappa shape index (κ2) is 20.1. The smallest absolute Gasteiger partial charge is 0.137 e. The second-order valence-electron chi connectivity index (χ2n) is 26.2. The molecular formula is C76H74N4O. The number of ether oxygens (including phenoxy) is 1. The van der Waals surface area contributed by atoms with Gasteiger partial charge in [-0.2, -0.15) is 0 Å². The first kappa shape index (κ1) is 53.0. The van der Waals surface area contributed by atoms with Gasteiger partial charge in [-0.15, -0.1) is 0 Å². The number of aromatic nitrogens is 2. The van der Waals surface area contributed by atoms with Gasteiger partial charge in [0, 0.05) is 46.0 Å². The molecule has 1 aliphatic heterocycles. The average molecular weight is 1060 g/mol. The number of para-hydroxylation sites is 1. The molecule has 0 saturated heterocycles. The summed E-state index contributed by atoms with van der Waals surface area (Å²) in [6.45, 7) is 28.1. The van der Waals surface area contributed by atoms with Crippen LogP contribution in [0.4, 0.5) is 22.7 Å². The van der Waals surface area contributed by atoms with Crippen molar-refractivity contribution in [3.05, 3.63) is 241 Å². The zero-order valence-corrected chi connectivity index (χ0v) is 49.2. The SMILES string of the molecule is CC(C)(C)c1cccc(-c2ccc3c(c2)c2ccc(Oc4cccc(N5CN(c6cc(C(C)(C)C)cc(C(C)(C)C)c6)c6c(-c7c(-c8ccccc8)cccc7-c7ccccc7)cccc65)c4)cc2n3-c2cc(C(C)(C)C)ccn2)c1. The van der Waals surface area contributed by atoms with Crippen molar-refractivity contribution >= 4 is 44.6 Å². The van der Waals surface area contributed by atoms with Crippen molar-refractivity contribution in [3.63, 3.8) is 0 Å². The Kier molecular flexibility index (Phi) is 13.2. The summed E-state index contributed by atoms with van der Waals surface area (Å²) in [7, 11) is 0. The van der Waals surface area contributed by atoms with Crippen LogP contribution in [0.2, 0.25) is 0 Å². The topological polar surface area (TPSA) is 33.5 Å². The lowest BCUT2D eigenvalue weighted by Gasteiger charge is -2.30. The van der Waals surface area contributed by atoms with Gasteiger partial charge < -0.3 is 14.5 Å². The van der Waals surface area contributed by atoms with Crippen LogP contribution in [0.3, 0.4) is 0 Å². The maximum absolute atomic E-state index is 7.04. The highest BCUT2D eigenvalue weighted by atomic mass is 16.5. The minimum Gasteiger partial charge on any atom is -0.457 e. The third kappa shape index (κ3) is 10.2. The molecule has 3 heterocycles. The molecule has 0 amide bonds. The summed E-state index contributed by atoms with van der Waals surface area (Å²) in [4.78, 5) is 10.1. The lowest BCUT2D eigenvalue weighted by Crippen LogP contribution is -2.25. The molecule has 1 aliphatic rings. The number of anilines is 4. The van der Waals surface area contributed by atoms with E-state index in [0.29, 0.717) is 6.67 Å². The van der Waals surface area contributed by atoms with Crippen LogP contribution in [0, 0.1) is 0 Å². The van der Waals surface area contributed by atoms with Crippen LogP contribution in [0.15, 0.2) is 219 Å². The van der Waals surface area contributed by atoms with Gasteiger partial charge in [-0.1, -0.05) is 217 Å². The number of fused-ring (bicyclic) bond motifs is 4. The molecule has 0 aliphatic carbocycles. The number of nitrogens with zero attached hydrogens (tertiary/aromatic N) is 4. The Bertz CT molecular complexity index is 4070. The normalized spacial score (nSPS) is 13.1. The van der Waals surface area contributed by atoms with E-state index >= 15 is 0 Å². The number of pyridine rings is 1. The fourth-order valence-electron chi connectivity index (χ4n) is 11.7. The van der Waals surface area contributed by atoms with Gasteiger partial charge in [-0.25, -0.2) is 4.98 Å². The second-order valence-corrected chi connectivity index (χ2v) is 26.2. The van der Waals surface area contributed by atoms with E-state index in [-0.39, 0.29) is 21.7 Å². The number of benzene rings is 9. The largest absolute Gasteiger partial charge is 0.457 e. The van der Waals surface area contributed by atoms with E-state index in [2.05, 4.69) is 310 Å². The van der Waals surface area contributed by atoms with Crippen molar-refractivity contribution in [3.8, 4) is 61.8 Å². The first-order chi connectivity index (χ1) is 38.7. The van der Waals surface area contributed by atoms with Crippen molar-refractivity contribution in [2.24, 2.45) is 0 Å². The fourth-order valence-corrected chi connectivity index (χ4v) is 11.7. The molecule has 404 valence electrons. The number of hydrogen-bond acceptors (Lipinski definition) is 4. The van der Waals surface area contributed by atoms with Crippen LogP contribution < -0.4 is 14.5 Å². The highest BCUT2D eigenvalue weighted by Gasteiger charge is 2.34. The van der Waals surface area contributed by atoms with Gasteiger partial charge >= 0.3 is 0 Å². The maximum Gasteiger partial charge on any atom is 0.137 e. The summed E-state index contributed by atoms with van der Waals surface area (Å²) in [6.07, 6.45) is 1.95. The molecular weight excluding hydrogens is 985 g/mol. The van der Waals surface area contributed by atoms with E-state index in [4.69, 9.17) is 9.72 Å². The first-order valence-corrected chi connectivity index (χ1v) is 28.7. The lowest BCUT2D eigenvalue weighted by atomic mass is 9.80. The summed E-state index contributed by atoms with van der Waals surface area (Å²) in [5, 5.41) is 2.31. The molecule has 11 aromatic rings. The molecule has 81 heavy (non-hydrogen) atoms. The fraction of sp³-hybridized carbons (Fsp3) is 0.224. The summed E-state index contributed by atoms with van der Waals surface area (Å²) >= 11 is 0. The molecule has 0 N–H and O–H groups in total. The summed E-state index contributed by atoms with van der Waals surface area (Å²) in [5.41, 5.74) is 21.2. The van der Waals surface area contributed by atoms with Gasteiger partial charge in [0.2, 0.25) is 0 Å². The predicted octanol–water partition coefficient (Wildman–Crippen LogP) is 21.1. The molecule has 0 saturated carbocycles. The summed E-state index contributed by atoms with van der Waals surface area (Å²) < 4.78 is 9.35. The first-order valence-electron chi connectivity index (χ1n) is 28.7. The van der Waals surface area contributed by atoms with E-state index in [1.54, 1.807) is 0 Å². The molecule has 5 heteroatoms. The molecule has 0 bridgehead atoms. The van der Waals surface area contributed by atoms with Crippen molar-refractivity contribution in [2.75, 3.05) is 16.5 Å². The van der Waals surface area contributed by atoms with Gasteiger partial charge in [0.25, 0.3) is 0 Å². The van der Waals surface area contributed by atoms with E-state index in [1.165, 1.54) is 83.5 Å². The molecule has 2 aromatic heterocycles. The third-order valence-corrected chi connectivity index (χ3v) is 16.3. The Hall–Kier alpha value is -8.67. The van der Waals surface area contributed by atoms with Gasteiger partial charge in [-0.3, -0.25) is 4.57 Å². The van der Waals surface area contributed by atoms with E-state index in [1.807, 2.05) is 6.20 Å². The van der Waals surface area contributed by atoms with Crippen molar-refractivity contribution in [1.82, 2.24) is 9.55 Å². The van der Waals surface area contributed by atoms with Gasteiger partial charge in [0.05, 0.1) is 22.4 Å². The van der Waals surface area contributed by atoms with Gasteiger partial charge in [0.15, 0.2) is 0 Å². The average Bonchev–Trinajstić information content (AvgIpc) is 3.92. The van der Waals surface area contributed by atoms with Crippen molar-refractivity contribution < 1.29 is 4.74 Å². The molecule has 9 aromatic carbocycles. The van der Waals surface area contributed by atoms with E-state index in [9.17, 15) is 0 Å². The zero-order valence-electron chi connectivity index (χ0n) is 49.2. The Labute approximate surface area is 480 Å². The Morgan fingerprint density at radius 2 is 0.938 bits per heavy atom. The van der Waals surface area contributed by atoms with Gasteiger partial charge in [0.1, 0.15) is 24.0 Å². The molecule has 0 atom stereocenters. The Balaban J connectivity index is 1.00.